The highest BCUT2D eigenvalue weighted by Gasteiger charge is 2.06. The van der Waals surface area contributed by atoms with Gasteiger partial charge in [-0.3, -0.25) is 0 Å². The van der Waals surface area contributed by atoms with E-state index in [0.29, 0.717) is 18.7 Å². The third-order valence-corrected chi connectivity index (χ3v) is 3.84. The molecule has 0 unspecified atom stereocenters. The molecule has 0 heterocycles. The van der Waals surface area contributed by atoms with Crippen molar-refractivity contribution in [1.82, 2.24) is 10.6 Å². The molecule has 0 fully saturated rings. The molecule has 0 aromatic heterocycles. The first kappa shape index (κ1) is 20.5. The van der Waals surface area contributed by atoms with Gasteiger partial charge in [-0.2, -0.15) is 0 Å². The number of hydrogen-bond donors (Lipinski definition) is 2. The van der Waals surface area contributed by atoms with Crippen LogP contribution in [0.25, 0.3) is 0 Å². The van der Waals surface area contributed by atoms with E-state index < -0.39 is 13.0 Å². The molecule has 2 aromatic carbocycles. The SMILES string of the molecule is COc1ccc(C)cc1CCNC(=O)NCc1cccc(OCC(F)F)c1. The predicted molar refractivity (Wildman–Crippen MR) is 99.6 cm³/mol. The van der Waals surface area contributed by atoms with E-state index in [2.05, 4.69) is 10.6 Å². The summed E-state index contributed by atoms with van der Waals surface area (Å²) in [7, 11) is 1.62. The molecule has 0 aliphatic rings. The molecular formula is C20H24F2N2O3. The fraction of sp³-hybridized carbons (Fsp3) is 0.350. The minimum Gasteiger partial charge on any atom is -0.496 e. The van der Waals surface area contributed by atoms with Crippen LogP contribution in [0, 0.1) is 6.92 Å². The van der Waals surface area contributed by atoms with Crippen molar-refractivity contribution in [2.24, 2.45) is 0 Å². The van der Waals surface area contributed by atoms with Gasteiger partial charge in [0.1, 0.15) is 18.1 Å². The van der Waals surface area contributed by atoms with Crippen molar-refractivity contribution in [3.63, 3.8) is 0 Å². The molecule has 27 heavy (non-hydrogen) atoms. The maximum Gasteiger partial charge on any atom is 0.315 e. The molecule has 2 amide bonds. The third kappa shape index (κ3) is 7.13. The number of hydrogen-bond acceptors (Lipinski definition) is 3. The number of amides is 2. The van der Waals surface area contributed by atoms with Gasteiger partial charge in [-0.15, -0.1) is 0 Å². The smallest absolute Gasteiger partial charge is 0.315 e. The van der Waals surface area contributed by atoms with Crippen LogP contribution in [-0.2, 0) is 13.0 Å². The number of halogens is 2. The molecule has 0 saturated heterocycles. The lowest BCUT2D eigenvalue weighted by Gasteiger charge is -2.11. The second kappa shape index (κ2) is 10.4. The van der Waals surface area contributed by atoms with Gasteiger partial charge in [0.15, 0.2) is 0 Å². The molecule has 146 valence electrons. The Morgan fingerprint density at radius 1 is 1.15 bits per heavy atom. The molecule has 2 rings (SSSR count). The average molecular weight is 378 g/mol. The number of aryl methyl sites for hydroxylation is 1. The molecule has 7 heteroatoms. The van der Waals surface area contributed by atoms with E-state index in [1.807, 2.05) is 25.1 Å². The normalized spacial score (nSPS) is 10.6. The Morgan fingerprint density at radius 2 is 1.96 bits per heavy atom. The van der Waals surface area contributed by atoms with Crippen LogP contribution in [0.4, 0.5) is 13.6 Å². The molecule has 2 aromatic rings. The second-order valence-electron chi connectivity index (χ2n) is 6.02. The van der Waals surface area contributed by atoms with Gasteiger partial charge in [0, 0.05) is 13.1 Å². The van der Waals surface area contributed by atoms with Crippen LogP contribution >= 0.6 is 0 Å². The van der Waals surface area contributed by atoms with Gasteiger partial charge in [-0.1, -0.05) is 29.8 Å². The molecule has 0 atom stereocenters. The summed E-state index contributed by atoms with van der Waals surface area (Å²) >= 11 is 0. The van der Waals surface area contributed by atoms with E-state index in [1.54, 1.807) is 31.4 Å². The summed E-state index contributed by atoms with van der Waals surface area (Å²) in [6, 6.07) is 12.3. The van der Waals surface area contributed by atoms with Crippen molar-refractivity contribution in [1.29, 1.82) is 0 Å². The molecule has 0 bridgehead atoms. The molecule has 0 spiro atoms. The summed E-state index contributed by atoms with van der Waals surface area (Å²) < 4.78 is 34.7. The fourth-order valence-electron chi connectivity index (χ4n) is 2.56. The molecule has 0 saturated carbocycles. The maximum absolute atomic E-state index is 12.2. The van der Waals surface area contributed by atoms with Gasteiger partial charge in [-0.25, -0.2) is 13.6 Å². The minimum atomic E-state index is -2.52. The number of urea groups is 1. The highest BCUT2D eigenvalue weighted by Crippen LogP contribution is 2.19. The van der Waals surface area contributed by atoms with Crippen LogP contribution < -0.4 is 20.1 Å². The summed E-state index contributed by atoms with van der Waals surface area (Å²) in [5, 5.41) is 5.52. The molecule has 0 aliphatic heterocycles. The Morgan fingerprint density at radius 3 is 2.70 bits per heavy atom. The zero-order valence-corrected chi connectivity index (χ0v) is 15.4. The summed E-state index contributed by atoms with van der Waals surface area (Å²) in [6.45, 7) is 2.08. The lowest BCUT2D eigenvalue weighted by molar-refractivity contribution is 0.0818. The van der Waals surface area contributed by atoms with Crippen LogP contribution in [0.3, 0.4) is 0 Å². The molecule has 5 nitrogen and oxygen atoms in total. The van der Waals surface area contributed by atoms with E-state index in [1.165, 1.54) is 0 Å². The second-order valence-corrected chi connectivity index (χ2v) is 6.02. The fourth-order valence-corrected chi connectivity index (χ4v) is 2.56. The van der Waals surface area contributed by atoms with E-state index >= 15 is 0 Å². The maximum atomic E-state index is 12.2. The average Bonchev–Trinajstić information content (AvgIpc) is 2.65. The number of carbonyl (C=O) groups excluding carboxylic acids is 1. The summed E-state index contributed by atoms with van der Waals surface area (Å²) in [5.41, 5.74) is 2.92. The zero-order valence-electron chi connectivity index (χ0n) is 15.4. The van der Waals surface area contributed by atoms with E-state index in [9.17, 15) is 13.6 Å². The van der Waals surface area contributed by atoms with E-state index in [0.717, 1.165) is 22.4 Å². The summed E-state index contributed by atoms with van der Waals surface area (Å²) in [5.74, 6) is 1.14. The van der Waals surface area contributed by atoms with Gasteiger partial charge in [0.25, 0.3) is 6.43 Å². The predicted octanol–water partition coefficient (Wildman–Crippen LogP) is 3.69. The molecule has 0 aliphatic carbocycles. The van der Waals surface area contributed by atoms with Crippen molar-refractivity contribution in [3.05, 3.63) is 59.2 Å². The van der Waals surface area contributed by atoms with E-state index in [-0.39, 0.29) is 12.6 Å². The molecule has 0 radical (unpaired) electrons. The van der Waals surface area contributed by atoms with Crippen molar-refractivity contribution in [3.8, 4) is 11.5 Å². The first-order valence-electron chi connectivity index (χ1n) is 8.63. The number of benzene rings is 2. The van der Waals surface area contributed by atoms with Crippen LogP contribution in [0.2, 0.25) is 0 Å². The minimum absolute atomic E-state index is 0.269. The summed E-state index contributed by atoms with van der Waals surface area (Å²) in [6.07, 6.45) is -1.88. The third-order valence-electron chi connectivity index (χ3n) is 3.84. The Kier molecular flexibility index (Phi) is 7.85. The van der Waals surface area contributed by atoms with Crippen LogP contribution in [0.1, 0.15) is 16.7 Å². The number of methoxy groups -OCH3 is 1. The Hall–Kier alpha value is -2.83. The van der Waals surface area contributed by atoms with Crippen molar-refractivity contribution >= 4 is 6.03 Å². The van der Waals surface area contributed by atoms with Crippen molar-refractivity contribution in [2.45, 2.75) is 26.3 Å². The van der Waals surface area contributed by atoms with Gasteiger partial charge < -0.3 is 20.1 Å². The number of nitrogens with one attached hydrogen (secondary N) is 2. The highest BCUT2D eigenvalue weighted by molar-refractivity contribution is 5.73. The standard InChI is InChI=1S/C20H24F2N2O3/c1-14-6-7-18(26-2)16(10-14)8-9-23-20(25)24-12-15-4-3-5-17(11-15)27-13-19(21)22/h3-7,10-11,19H,8-9,12-13H2,1-2H3,(H2,23,24,25). The lowest BCUT2D eigenvalue weighted by Crippen LogP contribution is -2.36. The Labute approximate surface area is 157 Å². The lowest BCUT2D eigenvalue weighted by atomic mass is 10.1. The molecule has 2 N–H and O–H groups in total. The zero-order chi connectivity index (χ0) is 19.6. The quantitative estimate of drug-likeness (QED) is 0.700. The number of carbonyl (C=O) groups is 1. The Balaban J connectivity index is 1.77. The molecular weight excluding hydrogens is 354 g/mol. The first-order valence-corrected chi connectivity index (χ1v) is 8.63. The Bertz CT molecular complexity index is 754. The van der Waals surface area contributed by atoms with Gasteiger partial charge in [-0.05, 0) is 42.7 Å². The van der Waals surface area contributed by atoms with Crippen molar-refractivity contribution < 1.29 is 23.0 Å². The van der Waals surface area contributed by atoms with Gasteiger partial charge >= 0.3 is 6.03 Å². The topological polar surface area (TPSA) is 59.6 Å². The van der Waals surface area contributed by atoms with Gasteiger partial charge in [0.2, 0.25) is 0 Å². The summed E-state index contributed by atoms with van der Waals surface area (Å²) in [4.78, 5) is 11.9. The van der Waals surface area contributed by atoms with Crippen molar-refractivity contribution in [2.75, 3.05) is 20.3 Å². The van der Waals surface area contributed by atoms with Gasteiger partial charge in [0.05, 0.1) is 7.11 Å². The monoisotopic (exact) mass is 378 g/mol. The first-order chi connectivity index (χ1) is 13.0. The van der Waals surface area contributed by atoms with Crippen LogP contribution in [0.5, 0.6) is 11.5 Å². The number of alkyl halides is 2. The van der Waals surface area contributed by atoms with Crippen LogP contribution in [0.15, 0.2) is 42.5 Å². The van der Waals surface area contributed by atoms with Crippen LogP contribution in [-0.4, -0.2) is 32.7 Å². The van der Waals surface area contributed by atoms with E-state index in [4.69, 9.17) is 9.47 Å². The number of ether oxygens (including phenoxy) is 2. The highest BCUT2D eigenvalue weighted by atomic mass is 19.3. The largest absolute Gasteiger partial charge is 0.496 e. The number of rotatable bonds is 9.